The molecule has 0 N–H and O–H groups in total. The van der Waals surface area contributed by atoms with Crippen molar-refractivity contribution in [1.82, 2.24) is 0 Å². The number of rotatable bonds is 4. The van der Waals surface area contributed by atoms with E-state index >= 15 is 0 Å². The lowest BCUT2D eigenvalue weighted by Gasteiger charge is -1.98. The smallest absolute Gasteiger partial charge is 0.185 e. The molecule has 0 aromatic heterocycles. The summed E-state index contributed by atoms with van der Waals surface area (Å²) in [6.07, 6.45) is 4.89. The molecule has 0 radical (unpaired) electrons. The fourth-order valence-corrected chi connectivity index (χ4v) is 2.09. The molecule has 0 aliphatic rings. The Hall–Kier alpha value is -1.64. The molecule has 0 amide bonds. The van der Waals surface area contributed by atoms with Gasteiger partial charge in [-0.25, -0.2) is 0 Å². The maximum absolute atomic E-state index is 11.8. The Morgan fingerprint density at radius 1 is 0.950 bits per heavy atom. The fraction of sp³-hybridized carbons (Fsp3) is 0. The van der Waals surface area contributed by atoms with E-state index < -0.39 is 0 Å². The zero-order chi connectivity index (χ0) is 14.4. The highest BCUT2D eigenvalue weighted by molar-refractivity contribution is 9.10. The van der Waals surface area contributed by atoms with Crippen LogP contribution in [-0.4, -0.2) is 5.78 Å². The number of benzene rings is 2. The van der Waals surface area contributed by atoms with Crippen LogP contribution in [0.2, 0.25) is 0 Å². The van der Waals surface area contributed by atoms with Crippen molar-refractivity contribution in [3.05, 3.63) is 88.4 Å². The third-order valence-corrected chi connectivity index (χ3v) is 3.54. The summed E-state index contributed by atoms with van der Waals surface area (Å²) >= 11 is 9.54. The predicted octanol–water partition coefficient (Wildman–Crippen LogP) is 5.47. The number of halogens is 2. The molecule has 3 heteroatoms. The zero-order valence-electron chi connectivity index (χ0n) is 10.6. The number of allylic oxidation sites excluding steroid dienone is 3. The zero-order valence-corrected chi connectivity index (χ0v) is 12.9. The normalized spacial score (nSPS) is 11.8. The van der Waals surface area contributed by atoms with Crippen LogP contribution in [0.3, 0.4) is 0 Å². The minimum Gasteiger partial charge on any atom is -0.289 e. The summed E-state index contributed by atoms with van der Waals surface area (Å²) in [5, 5.41) is 0.592. The summed E-state index contributed by atoms with van der Waals surface area (Å²) in [5.41, 5.74) is 1.57. The van der Waals surface area contributed by atoms with E-state index in [0.29, 0.717) is 10.6 Å². The third kappa shape index (κ3) is 4.19. The lowest BCUT2D eigenvalue weighted by Crippen LogP contribution is -1.92. The molecular formula is C17H12BrClO. The van der Waals surface area contributed by atoms with Crippen molar-refractivity contribution in [3.63, 3.8) is 0 Å². The van der Waals surface area contributed by atoms with Crippen molar-refractivity contribution >= 4 is 38.3 Å². The van der Waals surface area contributed by atoms with Crippen LogP contribution in [0.5, 0.6) is 0 Å². The molecule has 0 fully saturated rings. The quantitative estimate of drug-likeness (QED) is 0.407. The van der Waals surface area contributed by atoms with Crippen LogP contribution in [-0.2, 0) is 0 Å². The largest absolute Gasteiger partial charge is 0.289 e. The maximum Gasteiger partial charge on any atom is 0.185 e. The number of carbonyl (C=O) groups excluding carboxylic acids is 1. The van der Waals surface area contributed by atoms with Gasteiger partial charge in [0.15, 0.2) is 5.78 Å². The topological polar surface area (TPSA) is 17.1 Å². The molecule has 0 saturated heterocycles. The Morgan fingerprint density at radius 2 is 1.60 bits per heavy atom. The summed E-state index contributed by atoms with van der Waals surface area (Å²) in [5.74, 6) is -0.0397. The lowest BCUT2D eigenvalue weighted by molar-refractivity contribution is 0.104. The van der Waals surface area contributed by atoms with Gasteiger partial charge in [-0.2, -0.15) is 0 Å². The highest BCUT2D eigenvalue weighted by Gasteiger charge is 1.99. The molecule has 0 saturated carbocycles. The highest BCUT2D eigenvalue weighted by atomic mass is 79.9. The number of carbonyl (C=O) groups is 1. The van der Waals surface area contributed by atoms with Crippen molar-refractivity contribution in [2.45, 2.75) is 0 Å². The summed E-state index contributed by atoms with van der Waals surface area (Å²) in [4.78, 5) is 11.8. The Kier molecular flexibility index (Phi) is 5.33. The summed E-state index contributed by atoms with van der Waals surface area (Å²) in [6.45, 7) is 0. The molecule has 0 atom stereocenters. The van der Waals surface area contributed by atoms with Gasteiger partial charge in [0.05, 0.1) is 0 Å². The predicted molar refractivity (Wildman–Crippen MR) is 87.9 cm³/mol. The van der Waals surface area contributed by atoms with E-state index in [9.17, 15) is 4.79 Å². The Labute approximate surface area is 131 Å². The van der Waals surface area contributed by atoms with Gasteiger partial charge in [0.1, 0.15) is 0 Å². The molecule has 100 valence electrons. The second kappa shape index (κ2) is 7.22. The number of hydrogen-bond acceptors (Lipinski definition) is 1. The molecule has 0 spiro atoms. The first-order valence-corrected chi connectivity index (χ1v) is 7.23. The van der Waals surface area contributed by atoms with Crippen molar-refractivity contribution in [2.24, 2.45) is 0 Å². The molecule has 0 aliphatic heterocycles. The second-order valence-electron chi connectivity index (χ2n) is 4.11. The van der Waals surface area contributed by atoms with Gasteiger partial charge in [-0.15, -0.1) is 0 Å². The molecule has 2 aromatic rings. The van der Waals surface area contributed by atoms with Gasteiger partial charge in [-0.05, 0) is 29.8 Å². The Morgan fingerprint density at radius 3 is 2.25 bits per heavy atom. The molecule has 2 aromatic carbocycles. The minimum absolute atomic E-state index is 0.0397. The van der Waals surface area contributed by atoms with Crippen LogP contribution in [0.25, 0.3) is 5.03 Å². The van der Waals surface area contributed by atoms with E-state index in [1.165, 1.54) is 6.08 Å². The average molecular weight is 348 g/mol. The monoisotopic (exact) mass is 346 g/mol. The summed E-state index contributed by atoms with van der Waals surface area (Å²) < 4.78 is 1.00. The van der Waals surface area contributed by atoms with Crippen LogP contribution in [0.15, 0.2) is 77.3 Å². The SMILES string of the molecule is O=C(/C=C\C=C(/Cl)c1ccc(Br)cc1)c1ccccc1. The Balaban J connectivity index is 2.06. The van der Waals surface area contributed by atoms with E-state index in [-0.39, 0.29) is 5.78 Å². The van der Waals surface area contributed by atoms with Crippen LogP contribution in [0, 0.1) is 0 Å². The van der Waals surface area contributed by atoms with Crippen molar-refractivity contribution in [2.75, 3.05) is 0 Å². The standard InChI is InChI=1S/C17H12BrClO/c18-15-11-9-13(10-12-15)16(19)7-4-8-17(20)14-5-2-1-3-6-14/h1-12H/b8-4-,16-7-. The first-order valence-electron chi connectivity index (χ1n) is 6.06. The molecular weight excluding hydrogens is 336 g/mol. The van der Waals surface area contributed by atoms with E-state index in [1.807, 2.05) is 42.5 Å². The van der Waals surface area contributed by atoms with Gasteiger partial charge in [0.2, 0.25) is 0 Å². The van der Waals surface area contributed by atoms with E-state index in [4.69, 9.17) is 11.6 Å². The summed E-state index contributed by atoms with van der Waals surface area (Å²) in [6, 6.07) is 16.8. The van der Waals surface area contributed by atoms with E-state index in [2.05, 4.69) is 15.9 Å². The molecule has 0 heterocycles. The van der Waals surface area contributed by atoms with Crippen molar-refractivity contribution in [3.8, 4) is 0 Å². The average Bonchev–Trinajstić information content (AvgIpc) is 2.48. The molecule has 1 nitrogen and oxygen atoms in total. The van der Waals surface area contributed by atoms with Gasteiger partial charge in [0, 0.05) is 15.1 Å². The fourth-order valence-electron chi connectivity index (χ4n) is 1.62. The number of ketones is 1. The summed E-state index contributed by atoms with van der Waals surface area (Å²) in [7, 11) is 0. The molecule has 0 unspecified atom stereocenters. The Bertz CT molecular complexity index is 642. The van der Waals surface area contributed by atoms with Gasteiger partial charge in [-0.3, -0.25) is 4.79 Å². The van der Waals surface area contributed by atoms with Crippen LogP contribution in [0.4, 0.5) is 0 Å². The van der Waals surface area contributed by atoms with Crippen molar-refractivity contribution in [1.29, 1.82) is 0 Å². The van der Waals surface area contributed by atoms with Gasteiger partial charge < -0.3 is 0 Å². The lowest BCUT2D eigenvalue weighted by atomic mass is 10.1. The third-order valence-electron chi connectivity index (χ3n) is 2.67. The van der Waals surface area contributed by atoms with Gasteiger partial charge >= 0.3 is 0 Å². The van der Waals surface area contributed by atoms with Crippen LogP contribution >= 0.6 is 27.5 Å². The van der Waals surface area contributed by atoms with Crippen molar-refractivity contribution < 1.29 is 4.79 Å². The molecule has 20 heavy (non-hydrogen) atoms. The first-order chi connectivity index (χ1) is 9.66. The molecule has 2 rings (SSSR count). The van der Waals surface area contributed by atoms with Crippen LogP contribution < -0.4 is 0 Å². The maximum atomic E-state index is 11.8. The molecule has 0 bridgehead atoms. The van der Waals surface area contributed by atoms with Gasteiger partial charge in [0.25, 0.3) is 0 Å². The molecule has 0 aliphatic carbocycles. The van der Waals surface area contributed by atoms with Crippen LogP contribution in [0.1, 0.15) is 15.9 Å². The van der Waals surface area contributed by atoms with E-state index in [1.54, 1.807) is 24.3 Å². The first kappa shape index (κ1) is 14.8. The highest BCUT2D eigenvalue weighted by Crippen LogP contribution is 2.21. The number of hydrogen-bond donors (Lipinski definition) is 0. The van der Waals surface area contributed by atoms with Gasteiger partial charge in [-0.1, -0.05) is 76.1 Å². The van der Waals surface area contributed by atoms with E-state index in [0.717, 1.165) is 10.0 Å². The minimum atomic E-state index is -0.0397. The second-order valence-corrected chi connectivity index (χ2v) is 5.43.